The Bertz CT molecular complexity index is 612. The molecule has 2 aliphatic rings. The molecule has 166 valence electrons. The van der Waals surface area contributed by atoms with E-state index in [1.54, 1.807) is 5.56 Å². The van der Waals surface area contributed by atoms with Crippen LogP contribution in [0.15, 0.2) is 49.1 Å². The normalized spacial score (nSPS) is 27.4. The monoisotopic (exact) mass is 408 g/mol. The van der Waals surface area contributed by atoms with E-state index in [1.165, 1.54) is 76.2 Å². The Morgan fingerprint density at radius 2 is 1.57 bits per heavy atom. The average Bonchev–Trinajstić information content (AvgIpc) is 2.80. The predicted octanol–water partition coefficient (Wildman–Crippen LogP) is 8.61. The third kappa shape index (κ3) is 7.41. The van der Waals surface area contributed by atoms with Crippen LogP contribution < -0.4 is 0 Å². The van der Waals surface area contributed by atoms with Crippen molar-refractivity contribution in [1.29, 1.82) is 0 Å². The molecule has 2 aliphatic carbocycles. The first kappa shape index (κ1) is 23.3. The highest BCUT2D eigenvalue weighted by Gasteiger charge is 2.31. The maximum atomic E-state index is 5.73. The molecule has 2 saturated carbocycles. The van der Waals surface area contributed by atoms with Gasteiger partial charge < -0.3 is 4.74 Å². The van der Waals surface area contributed by atoms with Crippen LogP contribution in [0.1, 0.15) is 101 Å². The topological polar surface area (TPSA) is 9.23 Å². The second-order valence-corrected chi connectivity index (χ2v) is 9.75. The van der Waals surface area contributed by atoms with E-state index in [1.807, 2.05) is 0 Å². The number of benzene rings is 1. The van der Waals surface area contributed by atoms with Crippen LogP contribution in [0.3, 0.4) is 0 Å². The minimum Gasteiger partial charge on any atom is -0.373 e. The molecule has 0 bridgehead atoms. The van der Waals surface area contributed by atoms with E-state index in [0.717, 1.165) is 43.3 Å². The number of hydrogen-bond donors (Lipinski definition) is 0. The molecule has 1 heteroatoms. The molecule has 0 atom stereocenters. The molecule has 1 aromatic rings. The highest BCUT2D eigenvalue weighted by atomic mass is 16.5. The summed E-state index contributed by atoms with van der Waals surface area (Å²) in [6.45, 7) is 7.45. The maximum absolute atomic E-state index is 5.73. The zero-order valence-corrected chi connectivity index (χ0v) is 19.4. The van der Waals surface area contributed by atoms with E-state index in [9.17, 15) is 0 Å². The molecule has 2 fully saturated rings. The summed E-state index contributed by atoms with van der Waals surface area (Å²) in [5, 5.41) is 0. The van der Waals surface area contributed by atoms with E-state index in [4.69, 9.17) is 4.74 Å². The van der Waals surface area contributed by atoms with Crippen molar-refractivity contribution in [3.05, 3.63) is 60.2 Å². The van der Waals surface area contributed by atoms with Gasteiger partial charge in [-0.05, 0) is 92.6 Å². The number of hydrogen-bond acceptors (Lipinski definition) is 1. The molecule has 0 aliphatic heterocycles. The Kier molecular flexibility index (Phi) is 10.2. The van der Waals surface area contributed by atoms with E-state index >= 15 is 0 Å². The van der Waals surface area contributed by atoms with Crippen molar-refractivity contribution in [2.75, 3.05) is 6.61 Å². The predicted molar refractivity (Wildman–Crippen MR) is 130 cm³/mol. The second kappa shape index (κ2) is 13.2. The average molecular weight is 409 g/mol. The van der Waals surface area contributed by atoms with Gasteiger partial charge in [-0.25, -0.2) is 0 Å². The number of ether oxygens (including phenoxy) is 1. The minimum absolute atomic E-state index is 0.719. The maximum Gasteiger partial charge on any atom is 0.0721 e. The summed E-state index contributed by atoms with van der Waals surface area (Å²) in [5.74, 6) is 3.80. The van der Waals surface area contributed by atoms with Crippen LogP contribution in [0.2, 0.25) is 0 Å². The summed E-state index contributed by atoms with van der Waals surface area (Å²) in [5.41, 5.74) is 2.84. The fourth-order valence-corrected chi connectivity index (χ4v) is 5.79. The van der Waals surface area contributed by atoms with Crippen LogP contribution in [-0.4, -0.2) is 6.61 Å². The molecule has 0 radical (unpaired) electrons. The fraction of sp³-hybridized carbons (Fsp3) is 0.655. The first-order valence-corrected chi connectivity index (χ1v) is 12.7. The highest BCUT2D eigenvalue weighted by Crippen LogP contribution is 2.44. The van der Waals surface area contributed by atoms with Crippen molar-refractivity contribution < 1.29 is 4.74 Å². The SMILES string of the molecule is C=CCCCC1CCC(C2CCC(c3ccc(COC/C=C/CC)cc3)CC2)CC1. The Balaban J connectivity index is 1.36. The lowest BCUT2D eigenvalue weighted by atomic mass is 9.68. The van der Waals surface area contributed by atoms with E-state index in [2.05, 4.69) is 56.0 Å². The van der Waals surface area contributed by atoms with Gasteiger partial charge in [-0.1, -0.05) is 68.7 Å². The molecule has 0 N–H and O–H groups in total. The largest absolute Gasteiger partial charge is 0.373 e. The van der Waals surface area contributed by atoms with Crippen molar-refractivity contribution in [3.8, 4) is 0 Å². The molecular formula is C29H44O. The summed E-state index contributed by atoms with van der Waals surface area (Å²) in [6, 6.07) is 9.28. The molecule has 1 aromatic carbocycles. The van der Waals surface area contributed by atoms with Gasteiger partial charge in [0.15, 0.2) is 0 Å². The van der Waals surface area contributed by atoms with Gasteiger partial charge in [-0.3, -0.25) is 0 Å². The van der Waals surface area contributed by atoms with Crippen LogP contribution in [0.5, 0.6) is 0 Å². The summed E-state index contributed by atoms with van der Waals surface area (Å²) < 4.78 is 5.73. The standard InChI is InChI=1S/C29H44O/c1-3-5-7-9-24-10-14-26(15-11-24)28-18-20-29(21-19-28)27-16-12-25(13-17-27)23-30-22-8-6-4-2/h3,6,8,12-13,16-17,24,26,28-29H,1,4-5,7,9-11,14-15,18-23H2,2H3/b8-6+. The van der Waals surface area contributed by atoms with Gasteiger partial charge in [0.05, 0.1) is 13.2 Å². The van der Waals surface area contributed by atoms with E-state index in [-0.39, 0.29) is 0 Å². The Morgan fingerprint density at radius 1 is 0.900 bits per heavy atom. The van der Waals surface area contributed by atoms with Crippen molar-refractivity contribution in [3.63, 3.8) is 0 Å². The van der Waals surface area contributed by atoms with Crippen molar-refractivity contribution in [2.45, 2.75) is 96.5 Å². The van der Waals surface area contributed by atoms with Gasteiger partial charge in [0, 0.05) is 0 Å². The van der Waals surface area contributed by atoms with Crippen LogP contribution in [-0.2, 0) is 11.3 Å². The lowest BCUT2D eigenvalue weighted by Gasteiger charge is -2.38. The molecule has 0 amide bonds. The van der Waals surface area contributed by atoms with Gasteiger partial charge in [-0.15, -0.1) is 6.58 Å². The van der Waals surface area contributed by atoms with Gasteiger partial charge >= 0.3 is 0 Å². The van der Waals surface area contributed by atoms with Crippen LogP contribution >= 0.6 is 0 Å². The highest BCUT2D eigenvalue weighted by molar-refractivity contribution is 5.25. The number of unbranched alkanes of at least 4 members (excludes halogenated alkanes) is 1. The summed E-state index contributed by atoms with van der Waals surface area (Å²) >= 11 is 0. The van der Waals surface area contributed by atoms with Crippen molar-refractivity contribution in [1.82, 2.24) is 0 Å². The van der Waals surface area contributed by atoms with Crippen LogP contribution in [0.4, 0.5) is 0 Å². The summed E-state index contributed by atoms with van der Waals surface area (Å²) in [6.07, 6.45) is 23.1. The molecular weight excluding hydrogens is 364 g/mol. The summed E-state index contributed by atoms with van der Waals surface area (Å²) in [7, 11) is 0. The third-order valence-electron chi connectivity index (χ3n) is 7.69. The first-order valence-electron chi connectivity index (χ1n) is 12.7. The molecule has 1 nitrogen and oxygen atoms in total. The number of allylic oxidation sites excluding steroid dienone is 2. The molecule has 0 saturated heterocycles. The lowest BCUT2D eigenvalue weighted by molar-refractivity contribution is 0.148. The second-order valence-electron chi connectivity index (χ2n) is 9.75. The van der Waals surface area contributed by atoms with E-state index in [0.29, 0.717) is 0 Å². The quantitative estimate of drug-likeness (QED) is 0.263. The minimum atomic E-state index is 0.719. The summed E-state index contributed by atoms with van der Waals surface area (Å²) in [4.78, 5) is 0. The molecule has 3 rings (SSSR count). The molecule has 0 unspecified atom stereocenters. The first-order chi connectivity index (χ1) is 14.8. The van der Waals surface area contributed by atoms with E-state index < -0.39 is 0 Å². The zero-order valence-electron chi connectivity index (χ0n) is 19.4. The molecule has 0 heterocycles. The van der Waals surface area contributed by atoms with Crippen molar-refractivity contribution in [2.24, 2.45) is 17.8 Å². The Hall–Kier alpha value is -1.34. The molecule has 0 spiro atoms. The zero-order chi connectivity index (χ0) is 21.0. The molecule has 0 aromatic heterocycles. The molecule has 30 heavy (non-hydrogen) atoms. The lowest BCUT2D eigenvalue weighted by Crippen LogP contribution is -2.25. The van der Waals surface area contributed by atoms with Crippen LogP contribution in [0.25, 0.3) is 0 Å². The van der Waals surface area contributed by atoms with Gasteiger partial charge in [0.2, 0.25) is 0 Å². The Morgan fingerprint density at radius 3 is 2.20 bits per heavy atom. The number of rotatable bonds is 11. The van der Waals surface area contributed by atoms with Gasteiger partial charge in [0.1, 0.15) is 0 Å². The van der Waals surface area contributed by atoms with Crippen LogP contribution in [0, 0.1) is 17.8 Å². The smallest absolute Gasteiger partial charge is 0.0721 e. The van der Waals surface area contributed by atoms with Crippen molar-refractivity contribution >= 4 is 0 Å². The third-order valence-corrected chi connectivity index (χ3v) is 7.69. The van der Waals surface area contributed by atoms with Gasteiger partial charge in [0.25, 0.3) is 0 Å². The van der Waals surface area contributed by atoms with Gasteiger partial charge in [-0.2, -0.15) is 0 Å². The Labute approximate surface area is 186 Å². The fourth-order valence-electron chi connectivity index (χ4n) is 5.79.